The van der Waals surface area contributed by atoms with Gasteiger partial charge in [-0.2, -0.15) is 4.31 Å². The number of hydrogen-bond acceptors (Lipinski definition) is 3. The van der Waals surface area contributed by atoms with Gasteiger partial charge in [0.05, 0.1) is 4.90 Å². The molecule has 0 heterocycles. The van der Waals surface area contributed by atoms with Gasteiger partial charge in [0.2, 0.25) is 10.0 Å². The number of sulfonamides is 1. The van der Waals surface area contributed by atoms with Crippen molar-refractivity contribution in [1.29, 1.82) is 0 Å². The van der Waals surface area contributed by atoms with Crippen LogP contribution in [0.25, 0.3) is 0 Å². The lowest BCUT2D eigenvalue weighted by atomic mass is 10.2. The van der Waals surface area contributed by atoms with Crippen molar-refractivity contribution in [2.75, 3.05) is 27.2 Å². The third-order valence-electron chi connectivity index (χ3n) is 3.30. The number of likely N-dealkylation sites (N-methyl/N-ethyl adjacent to an activating group) is 1. The largest absolute Gasteiger partial charge is 0.308 e. The number of benzene rings is 2. The van der Waals surface area contributed by atoms with Crippen LogP contribution in [-0.4, -0.2) is 44.8 Å². The molecule has 0 bridgehead atoms. The van der Waals surface area contributed by atoms with E-state index in [1.807, 2.05) is 49.3 Å². The van der Waals surface area contributed by atoms with Gasteiger partial charge in [-0.25, -0.2) is 8.42 Å². The van der Waals surface area contributed by atoms with Gasteiger partial charge in [0.1, 0.15) is 0 Å². The summed E-state index contributed by atoms with van der Waals surface area (Å²) in [5, 5.41) is 0. The molecule has 0 aromatic heterocycles. The van der Waals surface area contributed by atoms with E-state index >= 15 is 0 Å². The molecular weight excluding hydrogens is 296 g/mol. The molecule has 0 amide bonds. The Labute approximate surface area is 133 Å². The maximum atomic E-state index is 12.8. The van der Waals surface area contributed by atoms with Crippen molar-refractivity contribution in [3.05, 3.63) is 66.2 Å². The minimum Gasteiger partial charge on any atom is -0.308 e. The van der Waals surface area contributed by atoms with Gasteiger partial charge in [0.25, 0.3) is 0 Å². The fourth-order valence-corrected chi connectivity index (χ4v) is 3.45. The summed E-state index contributed by atoms with van der Waals surface area (Å²) >= 11 is 0. The van der Waals surface area contributed by atoms with E-state index in [4.69, 9.17) is 0 Å². The first kappa shape index (κ1) is 16.7. The summed E-state index contributed by atoms with van der Waals surface area (Å²) in [6.45, 7) is 1.46. The van der Waals surface area contributed by atoms with Crippen LogP contribution in [0.3, 0.4) is 0 Å². The summed E-state index contributed by atoms with van der Waals surface area (Å²) in [5.41, 5.74) is 0.973. The Morgan fingerprint density at radius 1 is 0.955 bits per heavy atom. The number of rotatable bonds is 7. The summed E-state index contributed by atoms with van der Waals surface area (Å²) in [6, 6.07) is 19.1. The average Bonchev–Trinajstić information content (AvgIpc) is 2.53. The van der Waals surface area contributed by atoms with E-state index in [0.717, 1.165) is 5.56 Å². The third kappa shape index (κ3) is 4.40. The van der Waals surface area contributed by atoms with E-state index < -0.39 is 10.0 Å². The zero-order valence-electron chi connectivity index (χ0n) is 12.9. The summed E-state index contributed by atoms with van der Waals surface area (Å²) in [6.07, 6.45) is 0. The van der Waals surface area contributed by atoms with Crippen LogP contribution in [0, 0.1) is 6.07 Å². The highest BCUT2D eigenvalue weighted by molar-refractivity contribution is 7.89. The molecule has 0 aliphatic rings. The smallest absolute Gasteiger partial charge is 0.244 e. The second kappa shape index (κ2) is 7.54. The molecule has 0 atom stereocenters. The van der Waals surface area contributed by atoms with Crippen molar-refractivity contribution < 1.29 is 8.42 Å². The lowest BCUT2D eigenvalue weighted by Crippen LogP contribution is -2.36. The zero-order chi connectivity index (χ0) is 16.0. The Morgan fingerprint density at radius 3 is 2.23 bits per heavy atom. The molecule has 5 heteroatoms. The summed E-state index contributed by atoms with van der Waals surface area (Å²) in [5.74, 6) is 0. The lowest BCUT2D eigenvalue weighted by Gasteiger charge is -2.24. The molecule has 0 saturated heterocycles. The molecule has 1 radical (unpaired) electrons. The van der Waals surface area contributed by atoms with E-state index in [2.05, 4.69) is 6.07 Å². The first-order valence-corrected chi connectivity index (χ1v) is 8.59. The van der Waals surface area contributed by atoms with E-state index in [1.165, 1.54) is 4.31 Å². The van der Waals surface area contributed by atoms with Crippen molar-refractivity contribution in [2.45, 2.75) is 11.4 Å². The van der Waals surface area contributed by atoms with Gasteiger partial charge in [-0.05, 0) is 25.7 Å². The molecule has 0 saturated carbocycles. The fraction of sp³-hybridized carbons (Fsp3) is 0.294. The van der Waals surface area contributed by atoms with Crippen molar-refractivity contribution in [3.8, 4) is 0 Å². The zero-order valence-corrected chi connectivity index (χ0v) is 13.8. The highest BCUT2D eigenvalue weighted by Gasteiger charge is 2.24. The van der Waals surface area contributed by atoms with Crippen LogP contribution in [-0.2, 0) is 16.6 Å². The molecule has 4 nitrogen and oxygen atoms in total. The van der Waals surface area contributed by atoms with E-state index in [-0.39, 0.29) is 4.90 Å². The standard InChI is InChI=1S/C17H21N2O2S/c1-18(2)13-14-19(15-16-9-5-3-6-10-16)22(20,21)17-11-7-4-8-12-17/h3-11H,13-15H2,1-2H3. The molecule has 0 spiro atoms. The van der Waals surface area contributed by atoms with Gasteiger partial charge >= 0.3 is 0 Å². The predicted octanol–water partition coefficient (Wildman–Crippen LogP) is 2.24. The molecule has 117 valence electrons. The van der Waals surface area contributed by atoms with E-state index in [9.17, 15) is 8.42 Å². The van der Waals surface area contributed by atoms with Crippen molar-refractivity contribution in [2.24, 2.45) is 0 Å². The molecule has 22 heavy (non-hydrogen) atoms. The number of nitrogens with zero attached hydrogens (tertiary/aromatic N) is 2. The Kier molecular flexibility index (Phi) is 5.71. The minimum atomic E-state index is -3.54. The normalized spacial score (nSPS) is 12.0. The van der Waals surface area contributed by atoms with Crippen LogP contribution >= 0.6 is 0 Å². The molecule has 0 N–H and O–H groups in total. The molecular formula is C17H21N2O2S. The number of hydrogen-bond donors (Lipinski definition) is 0. The first-order chi connectivity index (χ1) is 10.5. The van der Waals surface area contributed by atoms with Crippen LogP contribution in [0.5, 0.6) is 0 Å². The highest BCUT2D eigenvalue weighted by atomic mass is 32.2. The van der Waals surface area contributed by atoms with Gasteiger partial charge in [0.15, 0.2) is 0 Å². The summed E-state index contributed by atoms with van der Waals surface area (Å²) in [4.78, 5) is 2.19. The molecule has 0 aliphatic carbocycles. The molecule has 0 unspecified atom stereocenters. The summed E-state index contributed by atoms with van der Waals surface area (Å²) in [7, 11) is 0.321. The van der Waals surface area contributed by atoms with E-state index in [1.54, 1.807) is 24.3 Å². The van der Waals surface area contributed by atoms with Crippen molar-refractivity contribution in [1.82, 2.24) is 9.21 Å². The maximum absolute atomic E-state index is 12.8. The first-order valence-electron chi connectivity index (χ1n) is 7.15. The molecule has 2 aromatic carbocycles. The predicted molar refractivity (Wildman–Crippen MR) is 87.9 cm³/mol. The maximum Gasteiger partial charge on any atom is 0.244 e. The average molecular weight is 317 g/mol. The second-order valence-corrected chi connectivity index (χ2v) is 7.26. The second-order valence-electron chi connectivity index (χ2n) is 5.35. The highest BCUT2D eigenvalue weighted by Crippen LogP contribution is 2.17. The van der Waals surface area contributed by atoms with Crippen LogP contribution in [0.4, 0.5) is 0 Å². The van der Waals surface area contributed by atoms with E-state index in [0.29, 0.717) is 19.6 Å². The Bertz CT molecular complexity index is 670. The van der Waals surface area contributed by atoms with Crippen LogP contribution in [0.2, 0.25) is 0 Å². The topological polar surface area (TPSA) is 40.6 Å². The SMILES string of the molecule is CN(C)CCN(Cc1ccccc1)S(=O)(=O)c1[c]cccc1. The minimum absolute atomic E-state index is 0.213. The van der Waals surface area contributed by atoms with Crippen molar-refractivity contribution >= 4 is 10.0 Å². The van der Waals surface area contributed by atoms with Gasteiger partial charge in [-0.1, -0.05) is 48.5 Å². The lowest BCUT2D eigenvalue weighted by molar-refractivity contribution is 0.329. The van der Waals surface area contributed by atoms with Gasteiger partial charge in [-0.15, -0.1) is 0 Å². The fourth-order valence-electron chi connectivity index (χ4n) is 2.06. The summed E-state index contributed by atoms with van der Waals surface area (Å²) < 4.78 is 27.2. The van der Waals surface area contributed by atoms with Crippen LogP contribution in [0.1, 0.15) is 5.56 Å². The van der Waals surface area contributed by atoms with Gasteiger partial charge < -0.3 is 4.90 Å². The third-order valence-corrected chi connectivity index (χ3v) is 5.10. The molecule has 0 aliphatic heterocycles. The van der Waals surface area contributed by atoms with Crippen LogP contribution in [0.15, 0.2) is 59.5 Å². The Balaban J connectivity index is 2.27. The van der Waals surface area contributed by atoms with Crippen molar-refractivity contribution in [3.63, 3.8) is 0 Å². The van der Waals surface area contributed by atoms with Gasteiger partial charge in [-0.3, -0.25) is 0 Å². The van der Waals surface area contributed by atoms with Gasteiger partial charge in [0, 0.05) is 25.7 Å². The van der Waals surface area contributed by atoms with Crippen LogP contribution < -0.4 is 0 Å². The molecule has 2 rings (SSSR count). The Hall–Kier alpha value is -1.69. The molecule has 2 aromatic rings. The monoisotopic (exact) mass is 317 g/mol. The quantitative estimate of drug-likeness (QED) is 0.786. The Morgan fingerprint density at radius 2 is 1.64 bits per heavy atom. The molecule has 0 fully saturated rings.